The number of rotatable bonds is 7. The van der Waals surface area contributed by atoms with Crippen molar-refractivity contribution in [1.29, 1.82) is 0 Å². The van der Waals surface area contributed by atoms with E-state index in [0.29, 0.717) is 6.42 Å². The van der Waals surface area contributed by atoms with Crippen LogP contribution in [0.15, 0.2) is 30.3 Å². The van der Waals surface area contributed by atoms with E-state index in [1.807, 2.05) is 30.3 Å². The average molecular weight is 332 g/mol. The Labute approximate surface area is 141 Å². The van der Waals surface area contributed by atoms with Crippen LogP contribution in [0.3, 0.4) is 0 Å². The summed E-state index contributed by atoms with van der Waals surface area (Å²) in [6, 6.07) is 9.12. The highest BCUT2D eigenvalue weighted by atomic mass is 16.2. The highest BCUT2D eigenvalue weighted by molar-refractivity contribution is 5.94. The van der Waals surface area contributed by atoms with Gasteiger partial charge in [-0.15, -0.1) is 0 Å². The van der Waals surface area contributed by atoms with Crippen molar-refractivity contribution in [3.63, 3.8) is 0 Å². The first-order chi connectivity index (χ1) is 11.4. The zero-order chi connectivity index (χ0) is 17.6. The Morgan fingerprint density at radius 2 is 2.00 bits per heavy atom. The van der Waals surface area contributed by atoms with Crippen molar-refractivity contribution in [2.75, 3.05) is 13.1 Å². The molecule has 0 aromatic heterocycles. The van der Waals surface area contributed by atoms with Gasteiger partial charge in [-0.3, -0.25) is 14.4 Å². The summed E-state index contributed by atoms with van der Waals surface area (Å²) in [5.74, 6) is -1.27. The van der Waals surface area contributed by atoms with E-state index in [4.69, 9.17) is 5.73 Å². The van der Waals surface area contributed by atoms with E-state index in [0.717, 1.165) is 24.9 Å². The summed E-state index contributed by atoms with van der Waals surface area (Å²) < 4.78 is 0. The quantitative estimate of drug-likeness (QED) is 0.537. The van der Waals surface area contributed by atoms with Gasteiger partial charge in [-0.2, -0.15) is 0 Å². The second-order valence-corrected chi connectivity index (χ2v) is 6.28. The second-order valence-electron chi connectivity index (χ2n) is 6.28. The zero-order valence-corrected chi connectivity index (χ0v) is 13.8. The van der Waals surface area contributed by atoms with E-state index in [1.54, 1.807) is 6.92 Å². The second kappa shape index (κ2) is 7.92. The van der Waals surface area contributed by atoms with Crippen LogP contribution in [0.2, 0.25) is 0 Å². The lowest BCUT2D eigenvalue weighted by atomic mass is 9.91. The Hall–Kier alpha value is -2.41. The molecule has 0 spiro atoms. The van der Waals surface area contributed by atoms with E-state index in [1.165, 1.54) is 0 Å². The van der Waals surface area contributed by atoms with Crippen molar-refractivity contribution in [3.8, 4) is 0 Å². The number of hydrogen-bond acceptors (Lipinski definition) is 4. The minimum Gasteiger partial charge on any atom is -0.368 e. The van der Waals surface area contributed by atoms with Gasteiger partial charge in [-0.25, -0.2) is 0 Å². The van der Waals surface area contributed by atoms with Crippen LogP contribution in [0.25, 0.3) is 0 Å². The SMILES string of the molecule is C[C@@](Cc1ccccc1)(NC(=O)[C@@H]1CCCN1)C(=O)NCC(N)=O. The number of primary amides is 1. The lowest BCUT2D eigenvalue weighted by Crippen LogP contribution is -2.61. The minimum absolute atomic E-state index is 0.208. The van der Waals surface area contributed by atoms with Gasteiger partial charge in [0.1, 0.15) is 5.54 Å². The van der Waals surface area contributed by atoms with Gasteiger partial charge in [0, 0.05) is 6.42 Å². The monoisotopic (exact) mass is 332 g/mol. The molecule has 7 heteroatoms. The van der Waals surface area contributed by atoms with E-state index >= 15 is 0 Å². The van der Waals surface area contributed by atoms with Crippen LogP contribution in [0.1, 0.15) is 25.3 Å². The lowest BCUT2D eigenvalue weighted by Gasteiger charge is -2.31. The molecule has 130 valence electrons. The van der Waals surface area contributed by atoms with Crippen molar-refractivity contribution in [2.24, 2.45) is 5.73 Å². The molecule has 0 aliphatic carbocycles. The van der Waals surface area contributed by atoms with Gasteiger partial charge in [0.2, 0.25) is 17.7 Å². The summed E-state index contributed by atoms with van der Waals surface area (Å²) in [5, 5.41) is 8.45. The van der Waals surface area contributed by atoms with Crippen molar-refractivity contribution < 1.29 is 14.4 Å². The van der Waals surface area contributed by atoms with Crippen LogP contribution in [-0.4, -0.2) is 42.4 Å². The van der Waals surface area contributed by atoms with Gasteiger partial charge in [0.15, 0.2) is 0 Å². The summed E-state index contributed by atoms with van der Waals surface area (Å²) in [4.78, 5) is 35.9. The van der Waals surface area contributed by atoms with Gasteiger partial charge < -0.3 is 21.7 Å². The average Bonchev–Trinajstić information content (AvgIpc) is 3.08. The number of nitrogens with one attached hydrogen (secondary N) is 3. The number of amides is 3. The Morgan fingerprint density at radius 1 is 1.29 bits per heavy atom. The van der Waals surface area contributed by atoms with Gasteiger partial charge >= 0.3 is 0 Å². The van der Waals surface area contributed by atoms with Crippen LogP contribution < -0.4 is 21.7 Å². The smallest absolute Gasteiger partial charge is 0.246 e. The summed E-state index contributed by atoms with van der Waals surface area (Å²) in [6.07, 6.45) is 1.99. The first kappa shape index (κ1) is 17.9. The molecule has 1 aromatic carbocycles. The van der Waals surface area contributed by atoms with E-state index in [9.17, 15) is 14.4 Å². The maximum Gasteiger partial charge on any atom is 0.246 e. The third kappa shape index (κ3) is 4.79. The molecular weight excluding hydrogens is 308 g/mol. The number of carbonyl (C=O) groups is 3. The first-order valence-electron chi connectivity index (χ1n) is 8.07. The van der Waals surface area contributed by atoms with Gasteiger partial charge in [-0.1, -0.05) is 30.3 Å². The fourth-order valence-electron chi connectivity index (χ4n) is 2.82. The van der Waals surface area contributed by atoms with E-state index in [-0.39, 0.29) is 18.5 Å². The van der Waals surface area contributed by atoms with Crippen LogP contribution in [0.4, 0.5) is 0 Å². The Balaban J connectivity index is 2.13. The minimum atomic E-state index is -1.17. The molecule has 2 atom stereocenters. The molecule has 1 heterocycles. The van der Waals surface area contributed by atoms with Crippen LogP contribution in [0, 0.1) is 0 Å². The molecule has 7 nitrogen and oxygen atoms in total. The molecule has 1 saturated heterocycles. The van der Waals surface area contributed by atoms with E-state index < -0.39 is 17.4 Å². The number of nitrogens with two attached hydrogens (primary N) is 1. The van der Waals surface area contributed by atoms with Gasteiger partial charge in [0.05, 0.1) is 12.6 Å². The van der Waals surface area contributed by atoms with Crippen molar-refractivity contribution >= 4 is 17.7 Å². The molecule has 1 aliphatic rings. The van der Waals surface area contributed by atoms with Crippen LogP contribution >= 0.6 is 0 Å². The molecule has 0 bridgehead atoms. The molecule has 1 aliphatic heterocycles. The zero-order valence-electron chi connectivity index (χ0n) is 13.8. The third-order valence-electron chi connectivity index (χ3n) is 4.10. The summed E-state index contributed by atoms with van der Waals surface area (Å²) in [5.41, 5.74) is 4.83. The fourth-order valence-corrected chi connectivity index (χ4v) is 2.82. The van der Waals surface area contributed by atoms with E-state index in [2.05, 4.69) is 16.0 Å². The number of carbonyl (C=O) groups excluding carboxylic acids is 3. The molecule has 0 radical (unpaired) electrons. The molecule has 5 N–H and O–H groups in total. The predicted octanol–water partition coefficient (Wildman–Crippen LogP) is -0.542. The molecule has 1 aromatic rings. The third-order valence-corrected chi connectivity index (χ3v) is 4.10. The highest BCUT2D eigenvalue weighted by Gasteiger charge is 2.37. The topological polar surface area (TPSA) is 113 Å². The first-order valence-corrected chi connectivity index (χ1v) is 8.07. The molecular formula is C17H24N4O3. The standard InChI is InChI=1S/C17H24N4O3/c1-17(16(24)20-11-14(18)22,10-12-6-3-2-4-7-12)21-15(23)13-8-5-9-19-13/h2-4,6-7,13,19H,5,8-11H2,1H3,(H2,18,22)(H,20,24)(H,21,23)/t13-,17-/m0/s1. The predicted molar refractivity (Wildman–Crippen MR) is 89.9 cm³/mol. The number of benzene rings is 1. The molecule has 24 heavy (non-hydrogen) atoms. The molecule has 3 amide bonds. The summed E-state index contributed by atoms with van der Waals surface area (Å²) in [6.45, 7) is 2.19. The molecule has 1 fully saturated rings. The highest BCUT2D eigenvalue weighted by Crippen LogP contribution is 2.15. The van der Waals surface area contributed by atoms with Crippen molar-refractivity contribution in [1.82, 2.24) is 16.0 Å². The Bertz CT molecular complexity index is 599. The summed E-state index contributed by atoms with van der Waals surface area (Å²) >= 11 is 0. The van der Waals surface area contributed by atoms with Crippen LogP contribution in [0.5, 0.6) is 0 Å². The molecule has 2 rings (SSSR count). The largest absolute Gasteiger partial charge is 0.368 e. The Kier molecular flexibility index (Phi) is 5.92. The number of hydrogen-bond donors (Lipinski definition) is 4. The van der Waals surface area contributed by atoms with Crippen molar-refractivity contribution in [3.05, 3.63) is 35.9 Å². The normalized spacial score (nSPS) is 19.3. The molecule has 0 saturated carbocycles. The molecule has 0 unspecified atom stereocenters. The maximum atomic E-state index is 12.6. The van der Waals surface area contributed by atoms with Crippen molar-refractivity contribution in [2.45, 2.75) is 37.8 Å². The summed E-state index contributed by atoms with van der Waals surface area (Å²) in [7, 11) is 0. The fraction of sp³-hybridized carbons (Fsp3) is 0.471. The van der Waals surface area contributed by atoms with Gasteiger partial charge in [0.25, 0.3) is 0 Å². The Morgan fingerprint density at radius 3 is 2.58 bits per heavy atom. The maximum absolute atomic E-state index is 12.6. The lowest BCUT2D eigenvalue weighted by molar-refractivity contribution is -0.134. The van der Waals surface area contributed by atoms with Gasteiger partial charge in [-0.05, 0) is 31.9 Å². The van der Waals surface area contributed by atoms with Crippen LogP contribution in [-0.2, 0) is 20.8 Å².